The van der Waals surface area contributed by atoms with E-state index in [4.69, 9.17) is 39.8 Å². The van der Waals surface area contributed by atoms with Gasteiger partial charge < -0.3 is 39.8 Å². The second-order valence-corrected chi connectivity index (χ2v) is 18.3. The van der Waals surface area contributed by atoms with Crippen molar-refractivity contribution in [2.24, 2.45) is 0 Å². The smallest absolute Gasteiger partial charge is 0.377 e. The van der Waals surface area contributed by atoms with Gasteiger partial charge >= 0.3 is 26.4 Å². The molecule has 1 aromatic heterocycles. The lowest BCUT2D eigenvalue weighted by atomic mass is 10.2. The molecular weight excluding hydrogens is 561 g/mol. The summed E-state index contributed by atoms with van der Waals surface area (Å²) >= 11 is 0. The quantitative estimate of drug-likeness (QED) is 0.159. The van der Waals surface area contributed by atoms with Crippen molar-refractivity contribution < 1.29 is 39.8 Å². The van der Waals surface area contributed by atoms with Gasteiger partial charge in [-0.15, -0.1) is 0 Å². The SMILES string of the molecule is CCC(N(CCCc1ncn(CCC[Si](OC)(OC)OC)n1)CCC[Si](OC)(OC)OC)[Si](OC)(OC)OC. The van der Waals surface area contributed by atoms with Gasteiger partial charge in [-0.05, 0) is 38.8 Å². The summed E-state index contributed by atoms with van der Waals surface area (Å²) in [6, 6.07) is 1.42. The molecule has 230 valence electrons. The normalized spacial score (nSPS) is 13.9. The molecule has 16 heteroatoms. The third-order valence-electron chi connectivity index (χ3n) is 7.18. The van der Waals surface area contributed by atoms with Gasteiger partial charge in [-0.25, -0.2) is 4.98 Å². The Bertz CT molecular complexity index is 744. The summed E-state index contributed by atoms with van der Waals surface area (Å²) in [7, 11) is 6.62. The van der Waals surface area contributed by atoms with E-state index in [1.807, 2.05) is 4.68 Å². The molecule has 0 amide bonds. The molecule has 0 fully saturated rings. The predicted molar refractivity (Wildman–Crippen MR) is 153 cm³/mol. The van der Waals surface area contributed by atoms with Gasteiger partial charge in [0.15, 0.2) is 5.82 Å². The summed E-state index contributed by atoms with van der Waals surface area (Å²) in [4.78, 5) is 6.91. The highest BCUT2D eigenvalue weighted by atomic mass is 28.4. The maximum atomic E-state index is 5.87. The van der Waals surface area contributed by atoms with E-state index in [9.17, 15) is 0 Å². The average molecular weight is 613 g/mol. The highest BCUT2D eigenvalue weighted by Crippen LogP contribution is 2.23. The highest BCUT2D eigenvalue weighted by molar-refractivity contribution is 6.62. The lowest BCUT2D eigenvalue weighted by Crippen LogP contribution is -2.61. The van der Waals surface area contributed by atoms with E-state index in [1.165, 1.54) is 0 Å². The average Bonchev–Trinajstić information content (AvgIpc) is 3.43. The van der Waals surface area contributed by atoms with Gasteiger partial charge in [-0.3, -0.25) is 9.58 Å². The van der Waals surface area contributed by atoms with Crippen LogP contribution in [0.25, 0.3) is 0 Å². The van der Waals surface area contributed by atoms with Gasteiger partial charge in [0.25, 0.3) is 0 Å². The Morgan fingerprint density at radius 3 is 1.67 bits per heavy atom. The van der Waals surface area contributed by atoms with Crippen LogP contribution in [-0.2, 0) is 52.8 Å². The molecule has 0 spiro atoms. The fraction of sp³-hybridized carbons (Fsp3) is 0.913. The van der Waals surface area contributed by atoms with E-state index in [1.54, 1.807) is 70.3 Å². The molecule has 39 heavy (non-hydrogen) atoms. The van der Waals surface area contributed by atoms with Crippen molar-refractivity contribution >= 4 is 26.4 Å². The van der Waals surface area contributed by atoms with E-state index in [0.717, 1.165) is 57.6 Å². The molecule has 0 bridgehead atoms. The van der Waals surface area contributed by atoms with Crippen molar-refractivity contribution in [1.29, 1.82) is 0 Å². The summed E-state index contributed by atoms with van der Waals surface area (Å²) in [5.41, 5.74) is -0.00138. The molecule has 0 radical (unpaired) electrons. The molecule has 0 aliphatic heterocycles. The van der Waals surface area contributed by atoms with Crippen molar-refractivity contribution in [1.82, 2.24) is 19.7 Å². The minimum absolute atomic E-state index is 0.00138. The molecule has 1 heterocycles. The molecule has 0 saturated carbocycles. The summed E-state index contributed by atoms with van der Waals surface area (Å²) < 4.78 is 52.8. The number of hydrogen-bond acceptors (Lipinski definition) is 12. The van der Waals surface area contributed by atoms with Crippen LogP contribution in [0, 0.1) is 0 Å². The van der Waals surface area contributed by atoms with Crippen LogP contribution in [0.1, 0.15) is 38.4 Å². The van der Waals surface area contributed by atoms with Gasteiger partial charge in [-0.2, -0.15) is 5.10 Å². The molecule has 0 aliphatic rings. The summed E-state index contributed by atoms with van der Waals surface area (Å²) in [6.45, 7) is 4.45. The van der Waals surface area contributed by atoms with Crippen LogP contribution < -0.4 is 0 Å². The van der Waals surface area contributed by atoms with Crippen LogP contribution >= 0.6 is 0 Å². The Kier molecular flexibility index (Phi) is 17.5. The zero-order chi connectivity index (χ0) is 29.4. The van der Waals surface area contributed by atoms with E-state index < -0.39 is 26.4 Å². The van der Waals surface area contributed by atoms with Crippen molar-refractivity contribution in [2.45, 2.75) is 63.3 Å². The van der Waals surface area contributed by atoms with E-state index >= 15 is 0 Å². The van der Waals surface area contributed by atoms with E-state index in [-0.39, 0.29) is 5.67 Å². The van der Waals surface area contributed by atoms with Gasteiger partial charge in [0.05, 0.1) is 5.67 Å². The Hall–Kier alpha value is -0.609. The minimum atomic E-state index is -2.92. The van der Waals surface area contributed by atoms with Gasteiger partial charge in [0, 0.05) is 89.0 Å². The van der Waals surface area contributed by atoms with Crippen LogP contribution in [0.4, 0.5) is 0 Å². The highest BCUT2D eigenvalue weighted by Gasteiger charge is 2.49. The molecule has 1 unspecified atom stereocenters. The van der Waals surface area contributed by atoms with Crippen LogP contribution in [0.5, 0.6) is 0 Å². The number of nitrogens with zero attached hydrogens (tertiary/aromatic N) is 4. The Morgan fingerprint density at radius 2 is 1.21 bits per heavy atom. The molecular formula is C23H52N4O9Si3. The molecule has 13 nitrogen and oxygen atoms in total. The first kappa shape index (κ1) is 36.4. The minimum Gasteiger partial charge on any atom is -0.377 e. The largest absolute Gasteiger partial charge is 0.518 e. The second-order valence-electron chi connectivity index (χ2n) is 9.00. The van der Waals surface area contributed by atoms with Crippen molar-refractivity contribution in [3.05, 3.63) is 12.2 Å². The lowest BCUT2D eigenvalue weighted by Gasteiger charge is -2.39. The molecule has 0 N–H and O–H groups in total. The molecule has 1 aromatic rings. The van der Waals surface area contributed by atoms with Gasteiger partial charge in [-0.1, -0.05) is 6.92 Å². The number of rotatable bonds is 24. The van der Waals surface area contributed by atoms with Crippen LogP contribution in [0.3, 0.4) is 0 Å². The zero-order valence-electron chi connectivity index (χ0n) is 25.7. The molecule has 1 atom stereocenters. The predicted octanol–water partition coefficient (Wildman–Crippen LogP) is 2.25. The third kappa shape index (κ3) is 10.3. The topological polar surface area (TPSA) is 117 Å². The number of hydrogen-bond donors (Lipinski definition) is 0. The first-order chi connectivity index (χ1) is 18.8. The number of aryl methyl sites for hydroxylation is 2. The summed E-state index contributed by atoms with van der Waals surface area (Å²) in [5, 5.41) is 4.66. The number of aromatic nitrogens is 3. The molecule has 0 aromatic carbocycles. The van der Waals surface area contributed by atoms with Crippen molar-refractivity contribution in [2.75, 3.05) is 77.1 Å². The Labute approximate surface area is 238 Å². The first-order valence-electron chi connectivity index (χ1n) is 13.3. The molecule has 0 saturated heterocycles. The fourth-order valence-electron chi connectivity index (χ4n) is 4.88. The zero-order valence-corrected chi connectivity index (χ0v) is 28.7. The van der Waals surface area contributed by atoms with Gasteiger partial charge in [0.2, 0.25) is 0 Å². The standard InChI is InChI=1S/C23H52N4O9Si3/c1-11-23(39(34-8,35-9)36-10)26(17-13-19-37(28-2,29-3)30-4)16-12-15-22-24-21-27(25-22)18-14-20-38(31-5,32-6)33-7/h21,23H,11-20H2,1-10H3. The van der Waals surface area contributed by atoms with Crippen LogP contribution in [-0.4, -0.2) is 129 Å². The van der Waals surface area contributed by atoms with Crippen LogP contribution in [0.2, 0.25) is 12.1 Å². The first-order valence-corrected chi connectivity index (χ1v) is 19.0. The molecule has 0 aliphatic carbocycles. The third-order valence-corrected chi connectivity index (χ3v) is 16.1. The Morgan fingerprint density at radius 1 is 0.718 bits per heavy atom. The summed E-state index contributed by atoms with van der Waals surface area (Å²) in [5.74, 6) is 0.815. The van der Waals surface area contributed by atoms with E-state index in [2.05, 4.69) is 21.9 Å². The van der Waals surface area contributed by atoms with E-state index in [0.29, 0.717) is 12.1 Å². The molecule has 1 rings (SSSR count). The van der Waals surface area contributed by atoms with Gasteiger partial charge in [0.1, 0.15) is 6.33 Å². The van der Waals surface area contributed by atoms with Crippen molar-refractivity contribution in [3.63, 3.8) is 0 Å². The Balaban J connectivity index is 2.84. The maximum absolute atomic E-state index is 5.87. The van der Waals surface area contributed by atoms with Crippen LogP contribution in [0.15, 0.2) is 6.33 Å². The summed E-state index contributed by atoms with van der Waals surface area (Å²) in [6.07, 6.45) is 5.88. The fourth-order valence-corrected chi connectivity index (χ4v) is 10.8. The second kappa shape index (κ2) is 18.7. The van der Waals surface area contributed by atoms with Crippen molar-refractivity contribution in [3.8, 4) is 0 Å². The lowest BCUT2D eigenvalue weighted by molar-refractivity contribution is 0.0704. The monoisotopic (exact) mass is 612 g/mol. The maximum Gasteiger partial charge on any atom is 0.518 e.